The SMILES string of the molecule is CCCCCCCCC(O)c1nccn1C. The normalized spacial score (nSPS) is 12.9. The number of aliphatic hydroxyl groups is 1. The molecule has 3 heteroatoms. The van der Waals surface area contributed by atoms with Crippen molar-refractivity contribution < 1.29 is 5.11 Å². The highest BCUT2D eigenvalue weighted by atomic mass is 16.3. The van der Waals surface area contributed by atoms with Crippen LogP contribution in [0.5, 0.6) is 0 Å². The Labute approximate surface area is 98.5 Å². The van der Waals surface area contributed by atoms with Crippen LogP contribution in [0.1, 0.15) is 63.8 Å². The number of imidazole rings is 1. The average molecular weight is 224 g/mol. The molecule has 1 aromatic heterocycles. The fraction of sp³-hybridized carbons (Fsp3) is 0.769. The first-order chi connectivity index (χ1) is 7.75. The van der Waals surface area contributed by atoms with Crippen molar-refractivity contribution in [2.45, 2.75) is 58.0 Å². The molecule has 0 saturated carbocycles. The van der Waals surface area contributed by atoms with Gasteiger partial charge >= 0.3 is 0 Å². The number of aromatic nitrogens is 2. The highest BCUT2D eigenvalue weighted by molar-refractivity contribution is 4.95. The van der Waals surface area contributed by atoms with Crippen LogP contribution in [0.15, 0.2) is 12.4 Å². The van der Waals surface area contributed by atoms with E-state index in [1.54, 1.807) is 6.20 Å². The zero-order valence-corrected chi connectivity index (χ0v) is 10.5. The number of hydrogen-bond donors (Lipinski definition) is 1. The van der Waals surface area contributed by atoms with Crippen molar-refractivity contribution in [2.24, 2.45) is 7.05 Å². The standard InChI is InChI=1S/C13H24N2O/c1-3-4-5-6-7-8-9-12(16)13-14-10-11-15(13)2/h10-12,16H,3-9H2,1-2H3. The average Bonchev–Trinajstić information content (AvgIpc) is 2.69. The van der Waals surface area contributed by atoms with Crippen molar-refractivity contribution in [3.8, 4) is 0 Å². The molecule has 0 aliphatic carbocycles. The summed E-state index contributed by atoms with van der Waals surface area (Å²) < 4.78 is 1.89. The van der Waals surface area contributed by atoms with Crippen LogP contribution in [0.4, 0.5) is 0 Å². The van der Waals surface area contributed by atoms with E-state index in [1.165, 1.54) is 32.1 Å². The van der Waals surface area contributed by atoms with Gasteiger partial charge in [-0.3, -0.25) is 0 Å². The lowest BCUT2D eigenvalue weighted by Crippen LogP contribution is -2.05. The van der Waals surface area contributed by atoms with Gasteiger partial charge in [-0.25, -0.2) is 4.98 Å². The zero-order chi connectivity index (χ0) is 11.8. The van der Waals surface area contributed by atoms with Crippen LogP contribution in [-0.2, 0) is 7.05 Å². The molecule has 0 fully saturated rings. The Kier molecular flexibility index (Phi) is 6.16. The van der Waals surface area contributed by atoms with Crippen molar-refractivity contribution in [2.75, 3.05) is 0 Å². The summed E-state index contributed by atoms with van der Waals surface area (Å²) in [6.07, 6.45) is 11.6. The number of aryl methyl sites for hydroxylation is 1. The van der Waals surface area contributed by atoms with Gasteiger partial charge in [0.1, 0.15) is 11.9 Å². The van der Waals surface area contributed by atoms with Gasteiger partial charge in [-0.1, -0.05) is 45.4 Å². The molecule has 0 amide bonds. The molecule has 0 spiro atoms. The molecular formula is C13H24N2O. The molecule has 0 radical (unpaired) electrons. The van der Waals surface area contributed by atoms with Gasteiger partial charge in [-0.15, -0.1) is 0 Å². The van der Waals surface area contributed by atoms with Crippen molar-refractivity contribution >= 4 is 0 Å². The molecule has 1 atom stereocenters. The quantitative estimate of drug-likeness (QED) is 0.689. The number of hydrogen-bond acceptors (Lipinski definition) is 2. The molecule has 1 rings (SSSR count). The first-order valence-corrected chi connectivity index (χ1v) is 6.41. The van der Waals surface area contributed by atoms with Gasteiger partial charge in [-0.05, 0) is 6.42 Å². The van der Waals surface area contributed by atoms with E-state index in [-0.39, 0.29) is 0 Å². The van der Waals surface area contributed by atoms with E-state index in [0.29, 0.717) is 0 Å². The number of aliphatic hydroxyl groups excluding tert-OH is 1. The minimum Gasteiger partial charge on any atom is -0.385 e. The van der Waals surface area contributed by atoms with Crippen molar-refractivity contribution in [1.82, 2.24) is 9.55 Å². The van der Waals surface area contributed by atoms with Crippen LogP contribution in [0.3, 0.4) is 0 Å². The lowest BCUT2D eigenvalue weighted by atomic mass is 10.1. The van der Waals surface area contributed by atoms with E-state index in [2.05, 4.69) is 11.9 Å². The largest absolute Gasteiger partial charge is 0.385 e. The Balaban J connectivity index is 2.11. The molecule has 1 N–H and O–H groups in total. The lowest BCUT2D eigenvalue weighted by molar-refractivity contribution is 0.150. The molecule has 0 aliphatic rings. The smallest absolute Gasteiger partial charge is 0.137 e. The molecule has 92 valence electrons. The molecule has 3 nitrogen and oxygen atoms in total. The van der Waals surface area contributed by atoms with E-state index < -0.39 is 6.10 Å². The Bertz CT molecular complexity index is 283. The summed E-state index contributed by atoms with van der Waals surface area (Å²) in [6.45, 7) is 2.23. The topological polar surface area (TPSA) is 38.1 Å². The third-order valence-electron chi connectivity index (χ3n) is 2.99. The van der Waals surface area contributed by atoms with Crippen LogP contribution in [0, 0.1) is 0 Å². The predicted molar refractivity (Wildman–Crippen MR) is 66.2 cm³/mol. The minimum absolute atomic E-state index is 0.397. The second kappa shape index (κ2) is 7.44. The summed E-state index contributed by atoms with van der Waals surface area (Å²) in [5.41, 5.74) is 0. The Morgan fingerprint density at radius 3 is 2.56 bits per heavy atom. The van der Waals surface area contributed by atoms with E-state index in [9.17, 15) is 5.11 Å². The Hall–Kier alpha value is -0.830. The fourth-order valence-electron chi connectivity index (χ4n) is 1.95. The minimum atomic E-state index is -0.397. The maximum Gasteiger partial charge on any atom is 0.137 e. The van der Waals surface area contributed by atoms with Crippen LogP contribution in [0.25, 0.3) is 0 Å². The van der Waals surface area contributed by atoms with Crippen molar-refractivity contribution in [1.29, 1.82) is 0 Å². The monoisotopic (exact) mass is 224 g/mol. The number of rotatable bonds is 8. The van der Waals surface area contributed by atoms with Crippen LogP contribution < -0.4 is 0 Å². The summed E-state index contributed by atoms with van der Waals surface area (Å²) in [4.78, 5) is 4.16. The van der Waals surface area contributed by atoms with E-state index in [0.717, 1.165) is 18.7 Å². The molecule has 1 aromatic rings. The van der Waals surface area contributed by atoms with E-state index >= 15 is 0 Å². The predicted octanol–water partition coefficient (Wildman–Crippen LogP) is 3.20. The van der Waals surface area contributed by atoms with Crippen molar-refractivity contribution in [3.05, 3.63) is 18.2 Å². The summed E-state index contributed by atoms with van der Waals surface area (Å²) in [5.74, 6) is 0.786. The van der Waals surface area contributed by atoms with Gasteiger partial charge in [0.2, 0.25) is 0 Å². The maximum absolute atomic E-state index is 9.91. The molecule has 0 aromatic carbocycles. The third-order valence-corrected chi connectivity index (χ3v) is 2.99. The zero-order valence-electron chi connectivity index (χ0n) is 10.5. The van der Waals surface area contributed by atoms with Gasteiger partial charge in [0.05, 0.1) is 0 Å². The van der Waals surface area contributed by atoms with Crippen LogP contribution in [-0.4, -0.2) is 14.7 Å². The summed E-state index contributed by atoms with van der Waals surface area (Å²) in [6, 6.07) is 0. The van der Waals surface area contributed by atoms with Crippen molar-refractivity contribution in [3.63, 3.8) is 0 Å². The maximum atomic E-state index is 9.91. The number of nitrogens with zero attached hydrogens (tertiary/aromatic N) is 2. The second-order valence-corrected chi connectivity index (χ2v) is 4.47. The lowest BCUT2D eigenvalue weighted by Gasteiger charge is -2.10. The van der Waals surface area contributed by atoms with Gasteiger partial charge < -0.3 is 9.67 Å². The second-order valence-electron chi connectivity index (χ2n) is 4.47. The van der Waals surface area contributed by atoms with Gasteiger partial charge in [0.25, 0.3) is 0 Å². The summed E-state index contributed by atoms with van der Waals surface area (Å²) in [5, 5.41) is 9.91. The molecule has 0 saturated heterocycles. The molecule has 0 bridgehead atoms. The number of unbranched alkanes of at least 4 members (excludes halogenated alkanes) is 5. The first-order valence-electron chi connectivity index (χ1n) is 6.41. The van der Waals surface area contributed by atoms with Gasteiger partial charge in [0, 0.05) is 19.4 Å². The Morgan fingerprint density at radius 2 is 1.94 bits per heavy atom. The molecular weight excluding hydrogens is 200 g/mol. The van der Waals surface area contributed by atoms with Crippen LogP contribution >= 0.6 is 0 Å². The molecule has 16 heavy (non-hydrogen) atoms. The molecule has 0 aliphatic heterocycles. The van der Waals surface area contributed by atoms with Gasteiger partial charge in [-0.2, -0.15) is 0 Å². The first kappa shape index (κ1) is 13.2. The van der Waals surface area contributed by atoms with Crippen LogP contribution in [0.2, 0.25) is 0 Å². The highest BCUT2D eigenvalue weighted by Crippen LogP contribution is 2.18. The fourth-order valence-corrected chi connectivity index (χ4v) is 1.95. The highest BCUT2D eigenvalue weighted by Gasteiger charge is 2.11. The molecule has 1 heterocycles. The Morgan fingerprint density at radius 1 is 1.25 bits per heavy atom. The third kappa shape index (κ3) is 4.35. The van der Waals surface area contributed by atoms with E-state index in [4.69, 9.17) is 0 Å². The van der Waals surface area contributed by atoms with E-state index in [1.807, 2.05) is 17.8 Å². The molecule has 1 unspecified atom stereocenters. The summed E-state index contributed by atoms with van der Waals surface area (Å²) >= 11 is 0. The van der Waals surface area contributed by atoms with Gasteiger partial charge in [0.15, 0.2) is 0 Å². The summed E-state index contributed by atoms with van der Waals surface area (Å²) in [7, 11) is 1.92.